The van der Waals surface area contributed by atoms with Gasteiger partial charge in [0.25, 0.3) is 0 Å². The second-order valence-electron chi connectivity index (χ2n) is 6.80. The summed E-state index contributed by atoms with van der Waals surface area (Å²) in [4.78, 5) is 0.0428. The van der Waals surface area contributed by atoms with Gasteiger partial charge >= 0.3 is 0 Å². The number of nitrogens with one attached hydrogen (secondary N) is 1. The molecule has 0 saturated carbocycles. The summed E-state index contributed by atoms with van der Waals surface area (Å²) in [7, 11) is -3.80. The van der Waals surface area contributed by atoms with Gasteiger partial charge in [-0.15, -0.1) is 10.2 Å². The molecule has 1 N–H and O–H groups in total. The third kappa shape index (κ3) is 4.98. The molecule has 0 spiro atoms. The zero-order valence-corrected chi connectivity index (χ0v) is 18.7. The summed E-state index contributed by atoms with van der Waals surface area (Å²) in [5, 5.41) is 9.02. The lowest BCUT2D eigenvalue weighted by Crippen LogP contribution is -2.29. The molecule has 154 valence electrons. The monoisotopic (exact) mass is 452 g/mol. The van der Waals surface area contributed by atoms with Crippen LogP contribution < -0.4 is 4.72 Å². The maximum atomic E-state index is 12.7. The number of hydrogen-bond donors (Lipinski definition) is 1. The van der Waals surface area contributed by atoms with Crippen molar-refractivity contribution >= 4 is 33.2 Å². The molecule has 0 amide bonds. The molecule has 0 saturated heterocycles. The molecule has 29 heavy (non-hydrogen) atoms. The Bertz CT molecular complexity index is 1110. The summed E-state index contributed by atoms with van der Waals surface area (Å²) >= 11 is 11.8. The van der Waals surface area contributed by atoms with Gasteiger partial charge in [-0.3, -0.25) is 0 Å². The highest BCUT2D eigenvalue weighted by atomic mass is 35.5. The first-order chi connectivity index (χ1) is 13.7. The van der Waals surface area contributed by atoms with Crippen LogP contribution in [0.3, 0.4) is 0 Å². The molecule has 9 heteroatoms. The summed E-state index contributed by atoms with van der Waals surface area (Å²) in [5.41, 5.74) is 2.31. The maximum absolute atomic E-state index is 12.7. The number of sulfonamides is 1. The second kappa shape index (κ2) is 8.83. The van der Waals surface area contributed by atoms with Crippen molar-refractivity contribution in [3.63, 3.8) is 0 Å². The largest absolute Gasteiger partial charge is 0.314 e. The van der Waals surface area contributed by atoms with Crippen LogP contribution in [-0.4, -0.2) is 23.2 Å². The van der Waals surface area contributed by atoms with Gasteiger partial charge in [0.15, 0.2) is 5.82 Å². The average molecular weight is 453 g/mol. The highest BCUT2D eigenvalue weighted by molar-refractivity contribution is 7.89. The van der Waals surface area contributed by atoms with Gasteiger partial charge in [0, 0.05) is 13.0 Å². The zero-order chi connectivity index (χ0) is 21.2. The molecule has 6 nitrogen and oxygen atoms in total. The lowest BCUT2D eigenvalue weighted by molar-refractivity contribution is 0.544. The van der Waals surface area contributed by atoms with E-state index < -0.39 is 16.1 Å². The summed E-state index contributed by atoms with van der Waals surface area (Å²) < 4.78 is 30.1. The number of rotatable bonds is 7. The lowest BCUT2D eigenvalue weighted by atomic mass is 10.1. The van der Waals surface area contributed by atoms with E-state index in [-0.39, 0.29) is 9.92 Å². The van der Waals surface area contributed by atoms with Gasteiger partial charge in [0.05, 0.1) is 21.0 Å². The molecule has 0 unspecified atom stereocenters. The van der Waals surface area contributed by atoms with E-state index >= 15 is 0 Å². The van der Waals surface area contributed by atoms with E-state index in [9.17, 15) is 8.42 Å². The Labute approximate surface area is 180 Å². The Kier molecular flexibility index (Phi) is 6.63. The molecule has 1 heterocycles. The van der Waals surface area contributed by atoms with Crippen molar-refractivity contribution in [2.24, 2.45) is 0 Å². The molecule has 0 radical (unpaired) electrons. The molecule has 3 aromatic rings. The smallest absolute Gasteiger partial charge is 0.241 e. The Balaban J connectivity index is 1.83. The molecule has 0 aliphatic carbocycles. The Morgan fingerprint density at radius 1 is 1.07 bits per heavy atom. The minimum Gasteiger partial charge on any atom is -0.314 e. The van der Waals surface area contributed by atoms with Gasteiger partial charge in [0.2, 0.25) is 10.0 Å². The zero-order valence-electron chi connectivity index (χ0n) is 16.4. The van der Waals surface area contributed by atoms with Crippen molar-refractivity contribution in [2.45, 2.75) is 44.7 Å². The van der Waals surface area contributed by atoms with E-state index in [1.165, 1.54) is 23.8 Å². The fourth-order valence-corrected chi connectivity index (χ4v) is 4.62. The Morgan fingerprint density at radius 2 is 1.76 bits per heavy atom. The molecule has 1 aromatic heterocycles. The van der Waals surface area contributed by atoms with Crippen molar-refractivity contribution in [1.82, 2.24) is 19.5 Å². The first kappa shape index (κ1) is 21.8. The van der Waals surface area contributed by atoms with Gasteiger partial charge in [-0.1, -0.05) is 53.0 Å². The highest BCUT2D eigenvalue weighted by Gasteiger charge is 2.24. The Hall–Kier alpha value is -1.93. The lowest BCUT2D eigenvalue weighted by Gasteiger charge is -2.16. The van der Waals surface area contributed by atoms with Crippen LogP contribution in [0.15, 0.2) is 47.4 Å². The van der Waals surface area contributed by atoms with Gasteiger partial charge in [-0.05, 0) is 44.5 Å². The number of halogens is 2. The SMILES string of the molecule is CCn1c(Cc2ccc(C)cc2)nnc1[C@@H](C)NS(=O)(=O)c1ccc(Cl)c(Cl)c1. The van der Waals surface area contributed by atoms with Crippen molar-refractivity contribution in [2.75, 3.05) is 0 Å². The molecule has 0 aliphatic heterocycles. The van der Waals surface area contributed by atoms with E-state index in [0.29, 0.717) is 23.8 Å². The third-order valence-electron chi connectivity index (χ3n) is 4.58. The first-order valence-electron chi connectivity index (χ1n) is 9.16. The van der Waals surface area contributed by atoms with Crippen molar-refractivity contribution in [3.05, 3.63) is 75.3 Å². The molecular weight excluding hydrogens is 431 g/mol. The van der Waals surface area contributed by atoms with Gasteiger partial charge in [-0.25, -0.2) is 13.1 Å². The number of nitrogens with zero attached hydrogens (tertiary/aromatic N) is 3. The molecule has 0 fully saturated rings. The van der Waals surface area contributed by atoms with E-state index in [2.05, 4.69) is 39.2 Å². The van der Waals surface area contributed by atoms with Gasteiger partial charge < -0.3 is 4.57 Å². The normalized spacial score (nSPS) is 12.9. The number of benzene rings is 2. The molecule has 0 aliphatic rings. The minimum absolute atomic E-state index is 0.0428. The minimum atomic E-state index is -3.80. The van der Waals surface area contributed by atoms with E-state index in [1.807, 2.05) is 18.4 Å². The predicted octanol–water partition coefficient (Wildman–Crippen LogP) is 4.54. The van der Waals surface area contributed by atoms with Crippen molar-refractivity contribution in [3.8, 4) is 0 Å². The van der Waals surface area contributed by atoms with Crippen LogP contribution in [0.4, 0.5) is 0 Å². The standard InChI is InChI=1S/C20H22Cl2N4O2S/c1-4-26-19(11-15-7-5-13(2)6-8-15)23-24-20(26)14(3)25-29(27,28)16-9-10-17(21)18(22)12-16/h5-10,12,14,25H,4,11H2,1-3H3/t14-/m1/s1. The fourth-order valence-electron chi connectivity index (χ4n) is 3.03. The number of hydrogen-bond acceptors (Lipinski definition) is 4. The van der Waals surface area contributed by atoms with Crippen molar-refractivity contribution < 1.29 is 8.42 Å². The number of aromatic nitrogens is 3. The summed E-state index contributed by atoms with van der Waals surface area (Å²) in [6.07, 6.45) is 0.618. The van der Waals surface area contributed by atoms with E-state index in [0.717, 1.165) is 11.4 Å². The van der Waals surface area contributed by atoms with Crippen LogP contribution in [0.2, 0.25) is 10.0 Å². The topological polar surface area (TPSA) is 76.9 Å². The van der Waals surface area contributed by atoms with Crippen LogP contribution in [0.1, 0.15) is 42.7 Å². The van der Waals surface area contributed by atoms with Gasteiger partial charge in [-0.2, -0.15) is 0 Å². The third-order valence-corrected chi connectivity index (χ3v) is 6.85. The molecule has 2 aromatic carbocycles. The molecule has 0 bridgehead atoms. The maximum Gasteiger partial charge on any atom is 0.241 e. The predicted molar refractivity (Wildman–Crippen MR) is 115 cm³/mol. The number of aryl methyl sites for hydroxylation is 1. The van der Waals surface area contributed by atoms with Crippen LogP contribution in [0.5, 0.6) is 0 Å². The quantitative estimate of drug-likeness (QED) is 0.570. The van der Waals surface area contributed by atoms with Crippen molar-refractivity contribution in [1.29, 1.82) is 0 Å². The first-order valence-corrected chi connectivity index (χ1v) is 11.4. The van der Waals surface area contributed by atoms with Crippen LogP contribution in [0.25, 0.3) is 0 Å². The van der Waals surface area contributed by atoms with Crippen LogP contribution >= 0.6 is 23.2 Å². The second-order valence-corrected chi connectivity index (χ2v) is 9.33. The molecule has 1 atom stereocenters. The summed E-state index contributed by atoms with van der Waals surface area (Å²) in [5.74, 6) is 1.34. The molecule has 3 rings (SSSR count). The summed E-state index contributed by atoms with van der Waals surface area (Å²) in [6, 6.07) is 11.8. The Morgan fingerprint density at radius 3 is 2.38 bits per heavy atom. The summed E-state index contributed by atoms with van der Waals surface area (Å²) in [6.45, 7) is 6.38. The molecular formula is C20H22Cl2N4O2S. The van der Waals surface area contributed by atoms with Crippen LogP contribution in [0, 0.1) is 6.92 Å². The van der Waals surface area contributed by atoms with Crippen LogP contribution in [-0.2, 0) is 23.0 Å². The fraction of sp³-hybridized carbons (Fsp3) is 0.300. The van der Waals surface area contributed by atoms with E-state index in [4.69, 9.17) is 23.2 Å². The highest BCUT2D eigenvalue weighted by Crippen LogP contribution is 2.26. The average Bonchev–Trinajstić information content (AvgIpc) is 3.08. The van der Waals surface area contributed by atoms with E-state index in [1.54, 1.807) is 6.92 Å². The van der Waals surface area contributed by atoms with Gasteiger partial charge in [0.1, 0.15) is 5.82 Å².